The van der Waals surface area contributed by atoms with E-state index in [1.165, 1.54) is 6.08 Å². The van der Waals surface area contributed by atoms with E-state index in [9.17, 15) is 5.11 Å². The van der Waals surface area contributed by atoms with Gasteiger partial charge in [0.25, 0.3) is 0 Å². The van der Waals surface area contributed by atoms with Gasteiger partial charge in [-0.15, -0.1) is 0 Å². The third kappa shape index (κ3) is 4.61. The zero-order chi connectivity index (χ0) is 17.7. The summed E-state index contributed by atoms with van der Waals surface area (Å²) in [5.41, 5.74) is 2.78. The van der Waals surface area contributed by atoms with Gasteiger partial charge >= 0.3 is 0 Å². The molecule has 0 radical (unpaired) electrons. The van der Waals surface area contributed by atoms with Crippen LogP contribution in [0.3, 0.4) is 0 Å². The van der Waals surface area contributed by atoms with Crippen LogP contribution in [0.5, 0.6) is 5.75 Å². The van der Waals surface area contributed by atoms with Gasteiger partial charge in [-0.3, -0.25) is 0 Å². The van der Waals surface area contributed by atoms with Crippen molar-refractivity contribution < 1.29 is 5.11 Å². The van der Waals surface area contributed by atoms with Crippen LogP contribution in [-0.4, -0.2) is 5.11 Å². The predicted octanol–water partition coefficient (Wildman–Crippen LogP) is 6.08. The fraction of sp³-hybridized carbons (Fsp3) is 0.571. The maximum absolute atomic E-state index is 11.0. The van der Waals surface area contributed by atoms with Crippen LogP contribution in [-0.2, 0) is 10.8 Å². The Hall–Kier alpha value is -1.75. The molecule has 0 spiro atoms. The monoisotopic (exact) mass is 313 g/mol. The number of allylic oxidation sites excluding steroid dienone is 1. The van der Waals surface area contributed by atoms with Gasteiger partial charge in [-0.1, -0.05) is 54.4 Å². The Morgan fingerprint density at radius 1 is 1.00 bits per heavy atom. The van der Waals surface area contributed by atoms with Crippen molar-refractivity contribution >= 4 is 6.08 Å². The molecule has 0 saturated carbocycles. The largest absolute Gasteiger partial charge is 0.507 e. The van der Waals surface area contributed by atoms with Crippen LogP contribution in [0, 0.1) is 11.3 Å². The Bertz CT molecular complexity index is 564. The van der Waals surface area contributed by atoms with Crippen LogP contribution < -0.4 is 0 Å². The predicted molar refractivity (Wildman–Crippen MR) is 98.6 cm³/mol. The molecule has 0 aliphatic rings. The smallest absolute Gasteiger partial charge is 0.123 e. The van der Waals surface area contributed by atoms with Crippen molar-refractivity contribution in [2.45, 2.75) is 78.1 Å². The van der Waals surface area contributed by atoms with E-state index in [1.807, 2.05) is 18.2 Å². The van der Waals surface area contributed by atoms with Gasteiger partial charge in [0.15, 0.2) is 0 Å². The first-order valence-corrected chi connectivity index (χ1v) is 8.63. The molecule has 0 aliphatic heterocycles. The van der Waals surface area contributed by atoms with Gasteiger partial charge in [0.1, 0.15) is 5.75 Å². The van der Waals surface area contributed by atoms with E-state index in [4.69, 9.17) is 5.26 Å². The molecule has 1 N–H and O–H groups in total. The summed E-state index contributed by atoms with van der Waals surface area (Å²) in [5, 5.41) is 19.8. The molecule has 23 heavy (non-hydrogen) atoms. The summed E-state index contributed by atoms with van der Waals surface area (Å²) < 4.78 is 0. The van der Waals surface area contributed by atoms with Gasteiger partial charge < -0.3 is 5.11 Å². The first-order valence-electron chi connectivity index (χ1n) is 8.63. The van der Waals surface area contributed by atoms with E-state index < -0.39 is 0 Å². The van der Waals surface area contributed by atoms with E-state index in [0.717, 1.165) is 42.4 Å². The number of hydrogen-bond donors (Lipinski definition) is 1. The Labute approximate surface area is 141 Å². The zero-order valence-corrected chi connectivity index (χ0v) is 15.5. The fourth-order valence-electron chi connectivity index (χ4n) is 3.44. The molecule has 0 unspecified atom stereocenters. The summed E-state index contributed by atoms with van der Waals surface area (Å²) in [6.45, 7) is 13.1. The van der Waals surface area contributed by atoms with Crippen molar-refractivity contribution in [1.29, 1.82) is 5.26 Å². The molecule has 0 atom stereocenters. The average molecular weight is 313 g/mol. The highest BCUT2D eigenvalue weighted by Crippen LogP contribution is 2.43. The Kier molecular flexibility index (Phi) is 6.45. The van der Waals surface area contributed by atoms with Gasteiger partial charge in [0.05, 0.1) is 6.07 Å². The van der Waals surface area contributed by atoms with E-state index in [0.29, 0.717) is 5.75 Å². The summed E-state index contributed by atoms with van der Waals surface area (Å²) in [6, 6.07) is 6.12. The quantitative estimate of drug-likeness (QED) is 0.619. The second-order valence-electron chi connectivity index (χ2n) is 7.69. The molecule has 1 aromatic rings. The van der Waals surface area contributed by atoms with E-state index in [-0.39, 0.29) is 10.8 Å². The third-order valence-corrected chi connectivity index (χ3v) is 4.69. The summed E-state index contributed by atoms with van der Waals surface area (Å²) in [4.78, 5) is 0. The molecule has 0 fully saturated rings. The first-order chi connectivity index (χ1) is 10.7. The molecule has 2 heteroatoms. The van der Waals surface area contributed by atoms with Crippen LogP contribution >= 0.6 is 0 Å². The van der Waals surface area contributed by atoms with Gasteiger partial charge in [-0.2, -0.15) is 5.26 Å². The molecule has 0 heterocycles. The molecule has 0 saturated heterocycles. The molecule has 0 aromatic heterocycles. The lowest BCUT2D eigenvalue weighted by Gasteiger charge is -2.32. The van der Waals surface area contributed by atoms with Crippen molar-refractivity contribution in [2.24, 2.45) is 0 Å². The number of nitrogens with zero attached hydrogens (tertiary/aromatic N) is 1. The molecular weight excluding hydrogens is 282 g/mol. The average Bonchev–Trinajstić information content (AvgIpc) is 2.45. The number of phenolic OH excluding ortho intramolecular Hbond substituents is 1. The maximum atomic E-state index is 11.0. The van der Waals surface area contributed by atoms with Crippen LogP contribution in [0.1, 0.15) is 83.9 Å². The summed E-state index contributed by atoms with van der Waals surface area (Å²) in [6.07, 6.45) is 7.49. The number of rotatable bonds is 7. The normalized spacial score (nSPS) is 12.6. The maximum Gasteiger partial charge on any atom is 0.123 e. The number of hydrogen-bond acceptors (Lipinski definition) is 2. The highest BCUT2D eigenvalue weighted by Gasteiger charge is 2.30. The minimum atomic E-state index is -0.0909. The standard InChI is InChI=1S/C21H31NO/c1-7-11-20(3,4)17-14-16(10-9-13-22)15-18(19(17)23)21(5,6)12-8-2/h9-10,14-15,23H,7-8,11-12H2,1-6H3. The van der Waals surface area contributed by atoms with Crippen molar-refractivity contribution in [1.82, 2.24) is 0 Å². The fourth-order valence-corrected chi connectivity index (χ4v) is 3.44. The Morgan fingerprint density at radius 2 is 1.43 bits per heavy atom. The SMILES string of the molecule is CCCC(C)(C)c1cc(C=CC#N)cc(C(C)(C)CCC)c1O. The van der Waals surface area contributed by atoms with Crippen molar-refractivity contribution in [3.63, 3.8) is 0 Å². The Balaban J connectivity index is 3.58. The zero-order valence-electron chi connectivity index (χ0n) is 15.5. The highest BCUT2D eigenvalue weighted by molar-refractivity contribution is 5.60. The van der Waals surface area contributed by atoms with Gasteiger partial charge in [0.2, 0.25) is 0 Å². The summed E-state index contributed by atoms with van der Waals surface area (Å²) in [7, 11) is 0. The van der Waals surface area contributed by atoms with Crippen LogP contribution in [0.2, 0.25) is 0 Å². The molecule has 0 amide bonds. The number of aromatic hydroxyl groups is 1. The van der Waals surface area contributed by atoms with Gasteiger partial charge in [0, 0.05) is 17.2 Å². The minimum absolute atomic E-state index is 0.0909. The lowest BCUT2D eigenvalue weighted by Crippen LogP contribution is -2.22. The van der Waals surface area contributed by atoms with Crippen molar-refractivity contribution in [3.8, 4) is 11.8 Å². The molecule has 1 rings (SSSR count). The van der Waals surface area contributed by atoms with Crippen LogP contribution in [0.15, 0.2) is 18.2 Å². The first kappa shape index (κ1) is 19.3. The van der Waals surface area contributed by atoms with Gasteiger partial charge in [-0.25, -0.2) is 0 Å². The number of phenols is 1. The third-order valence-electron chi connectivity index (χ3n) is 4.69. The second kappa shape index (κ2) is 7.68. The van der Waals surface area contributed by atoms with Crippen LogP contribution in [0.25, 0.3) is 6.08 Å². The molecule has 126 valence electrons. The molecule has 0 bridgehead atoms. The molecule has 0 aliphatic carbocycles. The Morgan fingerprint density at radius 3 is 1.78 bits per heavy atom. The number of benzene rings is 1. The van der Waals surface area contributed by atoms with E-state index in [1.54, 1.807) is 0 Å². The minimum Gasteiger partial charge on any atom is -0.507 e. The number of nitriles is 1. The highest BCUT2D eigenvalue weighted by atomic mass is 16.3. The van der Waals surface area contributed by atoms with E-state index >= 15 is 0 Å². The summed E-state index contributed by atoms with van der Waals surface area (Å²) in [5.74, 6) is 0.427. The lowest BCUT2D eigenvalue weighted by molar-refractivity contribution is 0.388. The molecular formula is C21H31NO. The second-order valence-corrected chi connectivity index (χ2v) is 7.69. The van der Waals surface area contributed by atoms with Gasteiger partial charge in [-0.05, 0) is 47.4 Å². The molecule has 2 nitrogen and oxygen atoms in total. The van der Waals surface area contributed by atoms with Crippen molar-refractivity contribution in [3.05, 3.63) is 34.9 Å². The van der Waals surface area contributed by atoms with Crippen molar-refractivity contribution in [2.75, 3.05) is 0 Å². The summed E-state index contributed by atoms with van der Waals surface area (Å²) >= 11 is 0. The molecule has 1 aromatic carbocycles. The van der Waals surface area contributed by atoms with Crippen LogP contribution in [0.4, 0.5) is 0 Å². The topological polar surface area (TPSA) is 44.0 Å². The van der Waals surface area contributed by atoms with E-state index in [2.05, 4.69) is 47.6 Å². The lowest BCUT2D eigenvalue weighted by atomic mass is 9.73.